The molecule has 0 fully saturated rings. The van der Waals surface area contributed by atoms with E-state index in [0.29, 0.717) is 22.4 Å². The molecule has 0 saturated heterocycles. The molecule has 1 amide bonds. The number of rotatable bonds is 7. The molecule has 0 aliphatic heterocycles. The SMILES string of the molecule is COc1ccc(C(=O)NCc2ccc(-c3nc(N(C)C)ncc3-c3ccccn3)cc2)s1. The number of hydrogen-bond donors (Lipinski definition) is 1. The van der Waals surface area contributed by atoms with E-state index in [9.17, 15) is 4.79 Å². The second kappa shape index (κ2) is 9.57. The van der Waals surface area contributed by atoms with Crippen LogP contribution in [0.15, 0.2) is 67.0 Å². The molecule has 1 N–H and O–H groups in total. The van der Waals surface area contributed by atoms with Crippen LogP contribution in [0.5, 0.6) is 5.06 Å². The highest BCUT2D eigenvalue weighted by atomic mass is 32.1. The minimum Gasteiger partial charge on any atom is -0.487 e. The van der Waals surface area contributed by atoms with Crippen molar-refractivity contribution in [3.8, 4) is 27.6 Å². The van der Waals surface area contributed by atoms with Gasteiger partial charge >= 0.3 is 0 Å². The quantitative estimate of drug-likeness (QED) is 0.458. The smallest absolute Gasteiger partial charge is 0.261 e. The molecule has 0 bridgehead atoms. The summed E-state index contributed by atoms with van der Waals surface area (Å²) in [7, 11) is 5.41. The lowest BCUT2D eigenvalue weighted by atomic mass is 10.0. The summed E-state index contributed by atoms with van der Waals surface area (Å²) in [4.78, 5) is 28.5. The number of methoxy groups -OCH3 is 1. The van der Waals surface area contributed by atoms with Gasteiger partial charge in [-0.25, -0.2) is 9.97 Å². The summed E-state index contributed by atoms with van der Waals surface area (Å²) < 4.78 is 5.15. The molecule has 4 aromatic rings. The van der Waals surface area contributed by atoms with Gasteiger partial charge in [0.15, 0.2) is 5.06 Å². The standard InChI is InChI=1S/C24H23N5O2S/c1-29(2)24-27-15-18(19-6-4-5-13-25-19)22(28-24)17-9-7-16(8-10-17)14-26-23(30)20-11-12-21(31-3)32-20/h4-13,15H,14H2,1-3H3,(H,26,30). The Bertz CT molecular complexity index is 1210. The Morgan fingerprint density at radius 1 is 1.06 bits per heavy atom. The first kappa shape index (κ1) is 21.5. The molecule has 0 spiro atoms. The molecular formula is C24H23N5O2S. The van der Waals surface area contributed by atoms with E-state index in [1.54, 1.807) is 25.4 Å². The zero-order valence-electron chi connectivity index (χ0n) is 18.1. The van der Waals surface area contributed by atoms with E-state index in [1.165, 1.54) is 11.3 Å². The van der Waals surface area contributed by atoms with E-state index in [2.05, 4.69) is 15.3 Å². The van der Waals surface area contributed by atoms with E-state index in [1.807, 2.05) is 67.7 Å². The van der Waals surface area contributed by atoms with Crippen molar-refractivity contribution in [3.05, 3.63) is 77.4 Å². The Morgan fingerprint density at radius 2 is 1.88 bits per heavy atom. The first-order chi connectivity index (χ1) is 15.5. The topological polar surface area (TPSA) is 80.2 Å². The molecular weight excluding hydrogens is 422 g/mol. The molecule has 7 nitrogen and oxygen atoms in total. The minimum atomic E-state index is -0.119. The van der Waals surface area contributed by atoms with Crippen molar-refractivity contribution in [1.29, 1.82) is 0 Å². The summed E-state index contributed by atoms with van der Waals surface area (Å²) in [6.07, 6.45) is 3.57. The first-order valence-electron chi connectivity index (χ1n) is 10.0. The maximum absolute atomic E-state index is 12.4. The van der Waals surface area contributed by atoms with E-state index >= 15 is 0 Å². The van der Waals surface area contributed by atoms with Crippen LogP contribution in [0.25, 0.3) is 22.5 Å². The average Bonchev–Trinajstić information content (AvgIpc) is 3.32. The minimum absolute atomic E-state index is 0.119. The van der Waals surface area contributed by atoms with Crippen LogP contribution in [0.3, 0.4) is 0 Å². The zero-order valence-corrected chi connectivity index (χ0v) is 18.9. The van der Waals surface area contributed by atoms with Crippen LogP contribution in [0.4, 0.5) is 5.95 Å². The van der Waals surface area contributed by atoms with Gasteiger partial charge in [0, 0.05) is 44.2 Å². The molecule has 4 rings (SSSR count). The number of ether oxygens (including phenoxy) is 1. The van der Waals surface area contributed by atoms with Crippen LogP contribution in [0.1, 0.15) is 15.2 Å². The molecule has 1 aromatic carbocycles. The fraction of sp³-hybridized carbons (Fsp3) is 0.167. The van der Waals surface area contributed by atoms with Crippen molar-refractivity contribution >= 4 is 23.2 Å². The van der Waals surface area contributed by atoms with Crippen LogP contribution < -0.4 is 15.0 Å². The Morgan fingerprint density at radius 3 is 2.53 bits per heavy atom. The Hall–Kier alpha value is -3.78. The van der Waals surface area contributed by atoms with Crippen LogP contribution in [-0.2, 0) is 6.54 Å². The summed E-state index contributed by atoms with van der Waals surface area (Å²) in [6, 6.07) is 17.3. The maximum Gasteiger partial charge on any atom is 0.261 e. The van der Waals surface area contributed by atoms with Crippen molar-refractivity contribution in [2.24, 2.45) is 0 Å². The predicted octanol–water partition coefficient (Wildman–Crippen LogP) is 4.27. The van der Waals surface area contributed by atoms with Crippen LogP contribution in [0.2, 0.25) is 0 Å². The number of nitrogens with zero attached hydrogens (tertiary/aromatic N) is 4. The molecule has 0 radical (unpaired) electrons. The summed E-state index contributed by atoms with van der Waals surface area (Å²) in [5, 5.41) is 3.66. The number of anilines is 1. The van der Waals surface area contributed by atoms with Crippen molar-refractivity contribution in [2.45, 2.75) is 6.54 Å². The molecule has 0 unspecified atom stereocenters. The van der Waals surface area contributed by atoms with Crippen molar-refractivity contribution in [1.82, 2.24) is 20.3 Å². The van der Waals surface area contributed by atoms with Crippen LogP contribution in [0, 0.1) is 0 Å². The number of thiophene rings is 1. The molecule has 0 aliphatic rings. The number of amides is 1. The average molecular weight is 446 g/mol. The first-order valence-corrected chi connectivity index (χ1v) is 10.8. The predicted molar refractivity (Wildman–Crippen MR) is 127 cm³/mol. The van der Waals surface area contributed by atoms with Gasteiger partial charge in [-0.1, -0.05) is 41.7 Å². The number of pyridine rings is 1. The van der Waals surface area contributed by atoms with Gasteiger partial charge in [-0.3, -0.25) is 9.78 Å². The third-order valence-corrected chi connectivity index (χ3v) is 5.85. The van der Waals surface area contributed by atoms with Gasteiger partial charge < -0.3 is 15.0 Å². The van der Waals surface area contributed by atoms with Gasteiger partial charge in [-0.15, -0.1) is 0 Å². The lowest BCUT2D eigenvalue weighted by molar-refractivity contribution is 0.0955. The zero-order chi connectivity index (χ0) is 22.5. The Kier molecular flexibility index (Phi) is 6.42. The highest BCUT2D eigenvalue weighted by Gasteiger charge is 2.14. The van der Waals surface area contributed by atoms with E-state index in [-0.39, 0.29) is 5.91 Å². The lowest BCUT2D eigenvalue weighted by Gasteiger charge is -2.14. The van der Waals surface area contributed by atoms with Crippen molar-refractivity contribution in [3.63, 3.8) is 0 Å². The van der Waals surface area contributed by atoms with Gasteiger partial charge in [0.05, 0.1) is 23.4 Å². The van der Waals surface area contributed by atoms with Gasteiger partial charge in [0.2, 0.25) is 5.95 Å². The highest BCUT2D eigenvalue weighted by Crippen LogP contribution is 2.30. The Labute approximate surface area is 190 Å². The molecule has 8 heteroatoms. The van der Waals surface area contributed by atoms with Crippen molar-refractivity contribution < 1.29 is 9.53 Å². The molecule has 162 valence electrons. The van der Waals surface area contributed by atoms with E-state index < -0.39 is 0 Å². The van der Waals surface area contributed by atoms with Crippen LogP contribution >= 0.6 is 11.3 Å². The fourth-order valence-corrected chi connectivity index (χ4v) is 3.86. The highest BCUT2D eigenvalue weighted by molar-refractivity contribution is 7.15. The van der Waals surface area contributed by atoms with E-state index in [0.717, 1.165) is 28.1 Å². The number of nitrogens with one attached hydrogen (secondary N) is 1. The number of benzene rings is 1. The summed E-state index contributed by atoms with van der Waals surface area (Å²) >= 11 is 1.32. The molecule has 3 aromatic heterocycles. The normalized spacial score (nSPS) is 10.6. The number of carbonyl (C=O) groups is 1. The lowest BCUT2D eigenvalue weighted by Crippen LogP contribution is -2.21. The summed E-state index contributed by atoms with van der Waals surface area (Å²) in [5.74, 6) is 0.508. The molecule has 0 saturated carbocycles. The van der Waals surface area contributed by atoms with Gasteiger partial charge in [0.25, 0.3) is 5.91 Å². The molecule has 3 heterocycles. The Balaban J connectivity index is 1.55. The fourth-order valence-electron chi connectivity index (χ4n) is 3.12. The molecule has 32 heavy (non-hydrogen) atoms. The third kappa shape index (κ3) is 4.76. The number of carbonyl (C=O) groups excluding carboxylic acids is 1. The maximum atomic E-state index is 12.4. The van der Waals surface area contributed by atoms with Gasteiger partial charge in [0.1, 0.15) is 0 Å². The number of aromatic nitrogens is 3. The number of hydrogen-bond acceptors (Lipinski definition) is 7. The van der Waals surface area contributed by atoms with Crippen LogP contribution in [-0.4, -0.2) is 42.1 Å². The van der Waals surface area contributed by atoms with E-state index in [4.69, 9.17) is 9.72 Å². The van der Waals surface area contributed by atoms with Gasteiger partial charge in [-0.05, 0) is 29.8 Å². The third-order valence-electron chi connectivity index (χ3n) is 4.80. The second-order valence-corrected chi connectivity index (χ2v) is 8.29. The monoisotopic (exact) mass is 445 g/mol. The summed E-state index contributed by atoms with van der Waals surface area (Å²) in [5.41, 5.74) is 4.43. The summed E-state index contributed by atoms with van der Waals surface area (Å²) in [6.45, 7) is 0.430. The largest absolute Gasteiger partial charge is 0.487 e. The molecule has 0 atom stereocenters. The molecule has 0 aliphatic carbocycles. The second-order valence-electron chi connectivity index (χ2n) is 7.24. The van der Waals surface area contributed by atoms with Gasteiger partial charge in [-0.2, -0.15) is 0 Å². The van der Waals surface area contributed by atoms with Crippen molar-refractivity contribution in [2.75, 3.05) is 26.1 Å².